The van der Waals surface area contributed by atoms with E-state index in [4.69, 9.17) is 21.3 Å². The Hall–Kier alpha value is -3.29. The van der Waals surface area contributed by atoms with E-state index < -0.39 is 5.25 Å². The fourth-order valence-corrected chi connectivity index (χ4v) is 4.68. The molecule has 0 spiro atoms. The third kappa shape index (κ3) is 6.87. The van der Waals surface area contributed by atoms with Crippen LogP contribution >= 0.6 is 23.4 Å². The van der Waals surface area contributed by atoms with Gasteiger partial charge in [-0.1, -0.05) is 60.6 Å². The Bertz CT molecular complexity index is 1180. The third-order valence-electron chi connectivity index (χ3n) is 5.26. The molecule has 8 heteroatoms. The Morgan fingerprint density at radius 3 is 2.49 bits per heavy atom. The summed E-state index contributed by atoms with van der Waals surface area (Å²) in [6.07, 6.45) is 1.00. The summed E-state index contributed by atoms with van der Waals surface area (Å²) in [6, 6.07) is 24.0. The van der Waals surface area contributed by atoms with Crippen LogP contribution in [0.25, 0.3) is 0 Å². The predicted molar refractivity (Wildman–Crippen MR) is 142 cm³/mol. The van der Waals surface area contributed by atoms with E-state index in [-0.39, 0.29) is 18.2 Å². The second kappa shape index (κ2) is 11.9. The summed E-state index contributed by atoms with van der Waals surface area (Å²) in [5.41, 5.74) is 2.29. The van der Waals surface area contributed by atoms with E-state index in [0.717, 1.165) is 17.7 Å². The number of nitrogens with zero attached hydrogens (tertiary/aromatic N) is 2. The molecule has 180 valence electrons. The summed E-state index contributed by atoms with van der Waals surface area (Å²) in [4.78, 5) is 32.6. The van der Waals surface area contributed by atoms with Crippen LogP contribution in [0, 0.1) is 0 Å². The first-order chi connectivity index (χ1) is 17.0. The Labute approximate surface area is 214 Å². The van der Waals surface area contributed by atoms with Gasteiger partial charge in [-0.15, -0.1) is 0 Å². The molecule has 0 aliphatic carbocycles. The number of hydrogen-bond acceptors (Lipinski definition) is 5. The smallest absolute Gasteiger partial charge is 0.238 e. The van der Waals surface area contributed by atoms with E-state index in [9.17, 15) is 9.59 Å². The van der Waals surface area contributed by atoms with Crippen molar-refractivity contribution in [2.24, 2.45) is 4.99 Å². The van der Waals surface area contributed by atoms with Crippen molar-refractivity contribution >= 4 is 51.7 Å². The summed E-state index contributed by atoms with van der Waals surface area (Å²) in [5.74, 6) is 0.358. The summed E-state index contributed by atoms with van der Waals surface area (Å²) in [5, 5.41) is 3.44. The molecule has 1 heterocycles. The number of ether oxygens (including phenoxy) is 1. The van der Waals surface area contributed by atoms with Gasteiger partial charge in [-0.3, -0.25) is 14.5 Å². The Balaban J connectivity index is 1.51. The Kier molecular flexibility index (Phi) is 8.45. The Morgan fingerprint density at radius 2 is 1.80 bits per heavy atom. The molecule has 1 aliphatic heterocycles. The van der Waals surface area contributed by atoms with Crippen LogP contribution in [0.3, 0.4) is 0 Å². The third-order valence-corrected chi connectivity index (χ3v) is 6.70. The van der Waals surface area contributed by atoms with Crippen molar-refractivity contribution in [3.05, 3.63) is 89.4 Å². The number of hydrogen-bond donors (Lipinski definition) is 1. The van der Waals surface area contributed by atoms with E-state index in [1.807, 2.05) is 61.5 Å². The molecule has 2 amide bonds. The highest BCUT2D eigenvalue weighted by Crippen LogP contribution is 2.31. The van der Waals surface area contributed by atoms with Gasteiger partial charge >= 0.3 is 0 Å². The second-order valence-corrected chi connectivity index (χ2v) is 9.62. The van der Waals surface area contributed by atoms with Gasteiger partial charge in [0.05, 0.1) is 18.8 Å². The molecule has 0 aromatic heterocycles. The maximum absolute atomic E-state index is 13.2. The van der Waals surface area contributed by atoms with Gasteiger partial charge in [0.15, 0.2) is 5.17 Å². The SMILES string of the molecule is CCCOc1ccc(NC(=O)C2CC(=O)N(Cc3ccc(Cl)cc3)C(=Nc3ccccc3)S2)cc1. The maximum Gasteiger partial charge on any atom is 0.238 e. The molecule has 0 saturated carbocycles. The first kappa shape index (κ1) is 24.8. The van der Waals surface area contributed by atoms with Crippen LogP contribution in [-0.4, -0.2) is 33.7 Å². The molecular formula is C27H26ClN3O3S. The number of amides is 2. The molecule has 1 aliphatic rings. The van der Waals surface area contributed by atoms with E-state index in [0.29, 0.717) is 34.7 Å². The number of carbonyl (C=O) groups excluding carboxylic acids is 2. The van der Waals surface area contributed by atoms with Crippen LogP contribution in [0.2, 0.25) is 5.02 Å². The molecule has 3 aromatic rings. The highest BCUT2D eigenvalue weighted by atomic mass is 35.5. The number of amidine groups is 1. The zero-order chi connectivity index (χ0) is 24.6. The number of benzene rings is 3. The largest absolute Gasteiger partial charge is 0.494 e. The molecule has 1 N–H and O–H groups in total. The van der Waals surface area contributed by atoms with Gasteiger partial charge in [-0.05, 0) is 60.5 Å². The lowest BCUT2D eigenvalue weighted by Crippen LogP contribution is -2.44. The summed E-state index contributed by atoms with van der Waals surface area (Å²) in [6.45, 7) is 3.04. The van der Waals surface area contributed by atoms with Crippen LogP contribution in [0.4, 0.5) is 11.4 Å². The number of rotatable bonds is 8. The number of nitrogens with one attached hydrogen (secondary N) is 1. The van der Waals surface area contributed by atoms with Crippen molar-refractivity contribution < 1.29 is 14.3 Å². The van der Waals surface area contributed by atoms with Crippen molar-refractivity contribution in [1.29, 1.82) is 0 Å². The average molecular weight is 508 g/mol. The molecule has 1 fully saturated rings. The fourth-order valence-electron chi connectivity index (χ4n) is 3.46. The van der Waals surface area contributed by atoms with Crippen LogP contribution in [0.5, 0.6) is 5.75 Å². The molecule has 1 unspecified atom stereocenters. The molecule has 6 nitrogen and oxygen atoms in total. The van der Waals surface area contributed by atoms with Gasteiger partial charge in [0.1, 0.15) is 11.0 Å². The highest BCUT2D eigenvalue weighted by Gasteiger charge is 2.36. The summed E-state index contributed by atoms with van der Waals surface area (Å²) < 4.78 is 5.59. The Morgan fingerprint density at radius 1 is 1.09 bits per heavy atom. The molecule has 0 radical (unpaired) electrons. The average Bonchev–Trinajstić information content (AvgIpc) is 2.87. The lowest BCUT2D eigenvalue weighted by atomic mass is 10.2. The molecule has 3 aromatic carbocycles. The van der Waals surface area contributed by atoms with E-state index in [1.165, 1.54) is 11.8 Å². The van der Waals surface area contributed by atoms with Crippen molar-refractivity contribution in [2.45, 2.75) is 31.6 Å². The van der Waals surface area contributed by atoms with E-state index in [1.54, 1.807) is 29.2 Å². The van der Waals surface area contributed by atoms with Gasteiger partial charge in [0.2, 0.25) is 11.8 Å². The van der Waals surface area contributed by atoms with Crippen LogP contribution in [0.1, 0.15) is 25.3 Å². The van der Waals surface area contributed by atoms with Gasteiger partial charge in [-0.2, -0.15) is 0 Å². The quantitative estimate of drug-likeness (QED) is 0.389. The zero-order valence-corrected chi connectivity index (χ0v) is 20.9. The molecule has 1 saturated heterocycles. The molecular weight excluding hydrogens is 482 g/mol. The summed E-state index contributed by atoms with van der Waals surface area (Å²) >= 11 is 7.31. The number of para-hydroxylation sites is 1. The first-order valence-electron chi connectivity index (χ1n) is 11.4. The lowest BCUT2D eigenvalue weighted by Gasteiger charge is -2.32. The molecule has 4 rings (SSSR count). The topological polar surface area (TPSA) is 71.0 Å². The van der Waals surface area contributed by atoms with Crippen molar-refractivity contribution in [3.63, 3.8) is 0 Å². The van der Waals surface area contributed by atoms with E-state index >= 15 is 0 Å². The van der Waals surface area contributed by atoms with Crippen LogP contribution < -0.4 is 10.1 Å². The maximum atomic E-state index is 13.2. The molecule has 1 atom stereocenters. The lowest BCUT2D eigenvalue weighted by molar-refractivity contribution is -0.129. The second-order valence-electron chi connectivity index (χ2n) is 8.01. The number of thioether (sulfide) groups is 1. The molecule has 0 bridgehead atoms. The van der Waals surface area contributed by atoms with Crippen LogP contribution in [0.15, 0.2) is 83.9 Å². The normalized spacial score (nSPS) is 16.9. The van der Waals surface area contributed by atoms with Crippen molar-refractivity contribution in [3.8, 4) is 5.75 Å². The van der Waals surface area contributed by atoms with Crippen LogP contribution in [-0.2, 0) is 16.1 Å². The van der Waals surface area contributed by atoms with Crippen molar-refractivity contribution in [2.75, 3.05) is 11.9 Å². The van der Waals surface area contributed by atoms with Gasteiger partial charge in [0, 0.05) is 17.1 Å². The minimum absolute atomic E-state index is 0.0790. The number of aliphatic imine (C=N–C) groups is 1. The zero-order valence-electron chi connectivity index (χ0n) is 19.3. The standard InChI is InChI=1S/C27H26ClN3O3S/c1-2-16-34-23-14-12-22(13-15-23)29-26(33)24-17-25(32)31(18-19-8-10-20(28)11-9-19)27(35-24)30-21-6-4-3-5-7-21/h3-15,24H,2,16-18H2,1H3,(H,29,33). The molecule has 35 heavy (non-hydrogen) atoms. The number of carbonyl (C=O) groups is 2. The minimum Gasteiger partial charge on any atom is -0.494 e. The highest BCUT2D eigenvalue weighted by molar-refractivity contribution is 8.15. The monoisotopic (exact) mass is 507 g/mol. The minimum atomic E-state index is -0.595. The van der Waals surface area contributed by atoms with E-state index in [2.05, 4.69) is 5.32 Å². The predicted octanol–water partition coefficient (Wildman–Crippen LogP) is 6.29. The fraction of sp³-hybridized carbons (Fsp3) is 0.222. The number of anilines is 1. The van der Waals surface area contributed by atoms with Gasteiger partial charge in [-0.25, -0.2) is 4.99 Å². The number of halogens is 1. The first-order valence-corrected chi connectivity index (χ1v) is 12.7. The van der Waals surface area contributed by atoms with Gasteiger partial charge < -0.3 is 10.1 Å². The summed E-state index contributed by atoms with van der Waals surface area (Å²) in [7, 11) is 0. The van der Waals surface area contributed by atoms with Gasteiger partial charge in [0.25, 0.3) is 0 Å². The van der Waals surface area contributed by atoms with Crippen molar-refractivity contribution in [1.82, 2.24) is 4.90 Å².